The molecule has 118 valence electrons. The molecule has 1 aromatic rings. The Morgan fingerprint density at radius 2 is 1.81 bits per heavy atom. The normalized spacial score (nSPS) is 17.2. The summed E-state index contributed by atoms with van der Waals surface area (Å²) in [7, 11) is 0. The first-order chi connectivity index (χ1) is 9.99. The van der Waals surface area contributed by atoms with E-state index in [-0.39, 0.29) is 5.54 Å². The van der Waals surface area contributed by atoms with Gasteiger partial charge in [-0.15, -0.1) is 0 Å². The SMILES string of the molecule is CCCC1CCN(c2ccccc2CNC(C)(C)C)CC1. The van der Waals surface area contributed by atoms with Crippen LogP contribution in [0.1, 0.15) is 58.9 Å². The minimum Gasteiger partial charge on any atom is -0.371 e. The van der Waals surface area contributed by atoms with Crippen molar-refractivity contribution in [2.45, 2.75) is 65.5 Å². The van der Waals surface area contributed by atoms with Crippen LogP contribution in [0.25, 0.3) is 0 Å². The minimum atomic E-state index is 0.168. The Labute approximate surface area is 130 Å². The monoisotopic (exact) mass is 288 g/mol. The van der Waals surface area contributed by atoms with Gasteiger partial charge in [0.05, 0.1) is 0 Å². The number of nitrogens with one attached hydrogen (secondary N) is 1. The van der Waals surface area contributed by atoms with Gasteiger partial charge in [0.15, 0.2) is 0 Å². The van der Waals surface area contributed by atoms with Gasteiger partial charge in [-0.3, -0.25) is 0 Å². The highest BCUT2D eigenvalue weighted by molar-refractivity contribution is 5.54. The van der Waals surface area contributed by atoms with Gasteiger partial charge in [-0.05, 0) is 51.2 Å². The number of anilines is 1. The number of hydrogen-bond acceptors (Lipinski definition) is 2. The first-order valence-electron chi connectivity index (χ1n) is 8.57. The zero-order chi connectivity index (χ0) is 15.3. The van der Waals surface area contributed by atoms with Crippen molar-refractivity contribution in [1.82, 2.24) is 5.32 Å². The lowest BCUT2D eigenvalue weighted by Crippen LogP contribution is -2.37. The van der Waals surface area contributed by atoms with Crippen LogP contribution >= 0.6 is 0 Å². The van der Waals surface area contributed by atoms with Gasteiger partial charge in [-0.1, -0.05) is 38.0 Å². The summed E-state index contributed by atoms with van der Waals surface area (Å²) < 4.78 is 0. The molecule has 1 heterocycles. The molecule has 1 aromatic carbocycles. The van der Waals surface area contributed by atoms with Crippen LogP contribution in [-0.2, 0) is 6.54 Å². The molecule has 0 saturated carbocycles. The number of para-hydroxylation sites is 1. The summed E-state index contributed by atoms with van der Waals surface area (Å²) in [5, 5.41) is 3.62. The third kappa shape index (κ3) is 5.03. The lowest BCUT2D eigenvalue weighted by Gasteiger charge is -2.35. The van der Waals surface area contributed by atoms with E-state index in [0.29, 0.717) is 0 Å². The Kier molecular flexibility index (Phi) is 5.69. The van der Waals surface area contributed by atoms with E-state index in [1.807, 2.05) is 0 Å². The van der Waals surface area contributed by atoms with Crippen molar-refractivity contribution < 1.29 is 0 Å². The van der Waals surface area contributed by atoms with Gasteiger partial charge in [0.25, 0.3) is 0 Å². The molecule has 0 aliphatic carbocycles. The Balaban J connectivity index is 2.00. The quantitative estimate of drug-likeness (QED) is 0.852. The molecule has 1 N–H and O–H groups in total. The zero-order valence-corrected chi connectivity index (χ0v) is 14.3. The number of benzene rings is 1. The average molecular weight is 288 g/mol. The summed E-state index contributed by atoms with van der Waals surface area (Å²) in [6, 6.07) is 8.90. The first-order valence-corrected chi connectivity index (χ1v) is 8.57. The van der Waals surface area contributed by atoms with Crippen LogP contribution in [0.15, 0.2) is 24.3 Å². The molecule has 2 nitrogen and oxygen atoms in total. The molecule has 0 spiro atoms. The van der Waals surface area contributed by atoms with Crippen LogP contribution in [0.5, 0.6) is 0 Å². The van der Waals surface area contributed by atoms with E-state index in [9.17, 15) is 0 Å². The molecular formula is C19H32N2. The molecule has 21 heavy (non-hydrogen) atoms. The van der Waals surface area contributed by atoms with E-state index in [1.165, 1.54) is 50.0 Å². The second-order valence-electron chi connectivity index (χ2n) is 7.45. The van der Waals surface area contributed by atoms with Crippen molar-refractivity contribution in [2.75, 3.05) is 18.0 Å². The molecule has 1 aliphatic heterocycles. The fraction of sp³-hybridized carbons (Fsp3) is 0.684. The molecule has 1 fully saturated rings. The van der Waals surface area contributed by atoms with Crippen LogP contribution in [-0.4, -0.2) is 18.6 Å². The van der Waals surface area contributed by atoms with Crippen LogP contribution in [0.4, 0.5) is 5.69 Å². The Hall–Kier alpha value is -1.02. The van der Waals surface area contributed by atoms with E-state index >= 15 is 0 Å². The molecule has 0 amide bonds. The highest BCUT2D eigenvalue weighted by Gasteiger charge is 2.20. The smallest absolute Gasteiger partial charge is 0.0411 e. The Morgan fingerprint density at radius 1 is 1.14 bits per heavy atom. The third-order valence-electron chi connectivity index (χ3n) is 4.45. The van der Waals surface area contributed by atoms with Crippen molar-refractivity contribution >= 4 is 5.69 Å². The van der Waals surface area contributed by atoms with E-state index < -0.39 is 0 Å². The molecular weight excluding hydrogens is 256 g/mol. The molecule has 1 aliphatic rings. The van der Waals surface area contributed by atoms with Crippen molar-refractivity contribution in [3.05, 3.63) is 29.8 Å². The molecule has 0 bridgehead atoms. The minimum absolute atomic E-state index is 0.168. The Bertz CT molecular complexity index is 425. The fourth-order valence-corrected chi connectivity index (χ4v) is 3.20. The third-order valence-corrected chi connectivity index (χ3v) is 4.45. The van der Waals surface area contributed by atoms with Crippen molar-refractivity contribution in [3.8, 4) is 0 Å². The van der Waals surface area contributed by atoms with Gasteiger partial charge in [-0.25, -0.2) is 0 Å². The maximum Gasteiger partial charge on any atom is 0.0411 e. The van der Waals surface area contributed by atoms with Crippen molar-refractivity contribution in [2.24, 2.45) is 5.92 Å². The average Bonchev–Trinajstić information content (AvgIpc) is 2.46. The van der Waals surface area contributed by atoms with Gasteiger partial charge < -0.3 is 10.2 Å². The maximum atomic E-state index is 3.62. The largest absolute Gasteiger partial charge is 0.371 e. The molecule has 0 aromatic heterocycles. The summed E-state index contributed by atoms with van der Waals surface area (Å²) in [5.74, 6) is 0.950. The summed E-state index contributed by atoms with van der Waals surface area (Å²) in [6.07, 6.45) is 5.45. The second-order valence-corrected chi connectivity index (χ2v) is 7.45. The number of hydrogen-bond donors (Lipinski definition) is 1. The lowest BCUT2D eigenvalue weighted by atomic mass is 9.92. The fourth-order valence-electron chi connectivity index (χ4n) is 3.20. The highest BCUT2D eigenvalue weighted by atomic mass is 15.1. The van der Waals surface area contributed by atoms with Crippen LogP contribution in [0.3, 0.4) is 0 Å². The number of piperidine rings is 1. The summed E-state index contributed by atoms with van der Waals surface area (Å²) >= 11 is 0. The lowest BCUT2D eigenvalue weighted by molar-refractivity contribution is 0.377. The van der Waals surface area contributed by atoms with E-state index in [1.54, 1.807) is 0 Å². The summed E-state index contributed by atoms with van der Waals surface area (Å²) in [5.41, 5.74) is 3.03. The van der Waals surface area contributed by atoms with Crippen molar-refractivity contribution in [3.63, 3.8) is 0 Å². The van der Waals surface area contributed by atoms with Crippen LogP contribution in [0, 0.1) is 5.92 Å². The van der Waals surface area contributed by atoms with Crippen LogP contribution < -0.4 is 10.2 Å². The van der Waals surface area contributed by atoms with Crippen LogP contribution in [0.2, 0.25) is 0 Å². The number of nitrogens with zero attached hydrogens (tertiary/aromatic N) is 1. The van der Waals surface area contributed by atoms with E-state index in [0.717, 1.165) is 12.5 Å². The van der Waals surface area contributed by atoms with Gasteiger partial charge >= 0.3 is 0 Å². The van der Waals surface area contributed by atoms with Crippen molar-refractivity contribution in [1.29, 1.82) is 0 Å². The number of rotatable bonds is 5. The highest BCUT2D eigenvalue weighted by Crippen LogP contribution is 2.28. The maximum absolute atomic E-state index is 3.62. The predicted molar refractivity (Wildman–Crippen MR) is 92.9 cm³/mol. The van der Waals surface area contributed by atoms with Gasteiger partial charge in [0.1, 0.15) is 0 Å². The summed E-state index contributed by atoms with van der Waals surface area (Å²) in [4.78, 5) is 2.59. The Morgan fingerprint density at radius 3 is 2.43 bits per heavy atom. The predicted octanol–water partition coefficient (Wildman–Crippen LogP) is 4.59. The molecule has 2 heteroatoms. The molecule has 1 saturated heterocycles. The van der Waals surface area contributed by atoms with Gasteiger partial charge in [-0.2, -0.15) is 0 Å². The second kappa shape index (κ2) is 7.31. The standard InChI is InChI=1S/C19H32N2/c1-5-8-16-11-13-21(14-12-16)18-10-7-6-9-17(18)15-20-19(2,3)4/h6-7,9-10,16,20H,5,8,11-15H2,1-4H3. The molecule has 2 rings (SSSR count). The van der Waals surface area contributed by atoms with Gasteiger partial charge in [0.2, 0.25) is 0 Å². The molecule has 0 atom stereocenters. The molecule has 0 unspecified atom stereocenters. The van der Waals surface area contributed by atoms with E-state index in [2.05, 4.69) is 62.2 Å². The topological polar surface area (TPSA) is 15.3 Å². The first kappa shape index (κ1) is 16.4. The molecule has 0 radical (unpaired) electrons. The zero-order valence-electron chi connectivity index (χ0n) is 14.3. The summed E-state index contributed by atoms with van der Waals surface area (Å²) in [6.45, 7) is 12.4. The van der Waals surface area contributed by atoms with Gasteiger partial charge in [0, 0.05) is 30.9 Å². The van der Waals surface area contributed by atoms with E-state index in [4.69, 9.17) is 0 Å².